The Labute approximate surface area is 147 Å². The van der Waals surface area contributed by atoms with Crippen molar-refractivity contribution in [2.45, 2.75) is 6.92 Å². The van der Waals surface area contributed by atoms with E-state index in [4.69, 9.17) is 0 Å². The highest BCUT2D eigenvalue weighted by atomic mass is 14.7. The molecule has 0 atom stereocenters. The first-order valence-corrected chi connectivity index (χ1v) is 8.34. The maximum atomic E-state index is 4.65. The molecule has 0 aliphatic rings. The molecule has 25 heavy (non-hydrogen) atoms. The maximum absolute atomic E-state index is 4.65. The average Bonchev–Trinajstić information content (AvgIpc) is 2.69. The van der Waals surface area contributed by atoms with E-state index in [0.29, 0.717) is 0 Å². The van der Waals surface area contributed by atoms with Crippen LogP contribution in [0.2, 0.25) is 0 Å². The molecular weight excluding hydrogens is 304 g/mol. The van der Waals surface area contributed by atoms with Gasteiger partial charge in [-0.1, -0.05) is 60.2 Å². The number of hydrogen-bond acceptors (Lipinski definition) is 2. The largest absolute Gasteiger partial charge is 0.256 e. The van der Waals surface area contributed by atoms with Gasteiger partial charge in [0.1, 0.15) is 0 Å². The van der Waals surface area contributed by atoms with Gasteiger partial charge in [0.2, 0.25) is 0 Å². The molecule has 2 heteroatoms. The first-order chi connectivity index (χ1) is 12.3. The van der Waals surface area contributed by atoms with Crippen molar-refractivity contribution in [2.24, 2.45) is 0 Å². The van der Waals surface area contributed by atoms with Crippen molar-refractivity contribution in [1.29, 1.82) is 0 Å². The minimum Gasteiger partial charge on any atom is -0.256 e. The van der Waals surface area contributed by atoms with E-state index >= 15 is 0 Å². The fourth-order valence-corrected chi connectivity index (χ4v) is 2.92. The lowest BCUT2D eigenvalue weighted by Crippen LogP contribution is -1.88. The quantitative estimate of drug-likeness (QED) is 0.477. The second-order valence-electron chi connectivity index (χ2n) is 6.10. The van der Waals surface area contributed by atoms with Crippen LogP contribution < -0.4 is 0 Å². The molecule has 120 valence electrons. The molecule has 0 aliphatic heterocycles. The average molecular weight is 322 g/mol. The lowest BCUT2D eigenvalue weighted by Gasteiger charge is -2.07. The van der Waals surface area contributed by atoms with Crippen molar-refractivity contribution >= 4 is 0 Å². The van der Waals surface area contributed by atoms with Crippen LogP contribution in [-0.4, -0.2) is 9.97 Å². The number of hydrogen-bond donors (Lipinski definition) is 0. The van der Waals surface area contributed by atoms with Gasteiger partial charge in [-0.15, -0.1) is 0 Å². The monoisotopic (exact) mass is 322 g/mol. The predicted octanol–water partition coefficient (Wildman–Crippen LogP) is 5.79. The van der Waals surface area contributed by atoms with Crippen LogP contribution in [0.25, 0.3) is 33.6 Å². The van der Waals surface area contributed by atoms with Gasteiger partial charge in [0.15, 0.2) is 0 Å². The number of aromatic nitrogens is 2. The van der Waals surface area contributed by atoms with E-state index in [1.807, 2.05) is 36.7 Å². The Morgan fingerprint density at radius 2 is 1.36 bits per heavy atom. The van der Waals surface area contributed by atoms with Crippen LogP contribution in [0.5, 0.6) is 0 Å². The summed E-state index contributed by atoms with van der Waals surface area (Å²) in [6, 6.07) is 27.0. The van der Waals surface area contributed by atoms with Crippen LogP contribution in [-0.2, 0) is 0 Å². The van der Waals surface area contributed by atoms with E-state index < -0.39 is 0 Å². The second-order valence-corrected chi connectivity index (χ2v) is 6.10. The molecular formula is C23H18N2. The first-order valence-electron chi connectivity index (χ1n) is 8.34. The summed E-state index contributed by atoms with van der Waals surface area (Å²) in [4.78, 5) is 9.16. The van der Waals surface area contributed by atoms with E-state index in [-0.39, 0.29) is 0 Å². The SMILES string of the molecule is Cc1cccc(-c2cc(-c3ccc(-c4ccccc4)cn3)ccn2)c1. The van der Waals surface area contributed by atoms with E-state index in [2.05, 4.69) is 71.5 Å². The zero-order chi connectivity index (χ0) is 17.1. The number of pyridine rings is 2. The molecule has 4 rings (SSSR count). The normalized spacial score (nSPS) is 10.6. The summed E-state index contributed by atoms with van der Waals surface area (Å²) in [5.74, 6) is 0. The van der Waals surface area contributed by atoms with Crippen LogP contribution in [0.4, 0.5) is 0 Å². The van der Waals surface area contributed by atoms with Crippen LogP contribution >= 0.6 is 0 Å². The number of benzene rings is 2. The maximum Gasteiger partial charge on any atom is 0.0708 e. The van der Waals surface area contributed by atoms with Gasteiger partial charge in [0.25, 0.3) is 0 Å². The van der Waals surface area contributed by atoms with Crippen molar-refractivity contribution in [3.8, 4) is 33.6 Å². The van der Waals surface area contributed by atoms with Crippen LogP contribution in [0.15, 0.2) is 91.3 Å². The van der Waals surface area contributed by atoms with Crippen LogP contribution in [0.1, 0.15) is 5.56 Å². The molecule has 0 aliphatic carbocycles. The van der Waals surface area contributed by atoms with E-state index in [1.165, 1.54) is 11.1 Å². The van der Waals surface area contributed by atoms with Crippen LogP contribution in [0.3, 0.4) is 0 Å². The lowest BCUT2D eigenvalue weighted by atomic mass is 10.0. The highest BCUT2D eigenvalue weighted by Crippen LogP contribution is 2.25. The molecule has 2 nitrogen and oxygen atoms in total. The second kappa shape index (κ2) is 6.70. The predicted molar refractivity (Wildman–Crippen MR) is 103 cm³/mol. The first kappa shape index (κ1) is 15.3. The summed E-state index contributed by atoms with van der Waals surface area (Å²) in [6.07, 6.45) is 3.78. The lowest BCUT2D eigenvalue weighted by molar-refractivity contribution is 1.28. The van der Waals surface area contributed by atoms with Gasteiger partial charge in [0, 0.05) is 29.1 Å². The molecule has 0 unspecified atom stereocenters. The molecule has 2 aromatic carbocycles. The van der Waals surface area contributed by atoms with Crippen molar-refractivity contribution in [3.05, 3.63) is 96.8 Å². The smallest absolute Gasteiger partial charge is 0.0708 e. The Balaban J connectivity index is 1.67. The molecule has 0 N–H and O–H groups in total. The van der Waals surface area contributed by atoms with Crippen LogP contribution in [0, 0.1) is 6.92 Å². The molecule has 0 radical (unpaired) electrons. The summed E-state index contributed by atoms with van der Waals surface area (Å²) >= 11 is 0. The molecule has 2 aromatic heterocycles. The summed E-state index contributed by atoms with van der Waals surface area (Å²) in [5, 5.41) is 0. The van der Waals surface area contributed by atoms with Gasteiger partial charge in [-0.05, 0) is 36.8 Å². The number of rotatable bonds is 3. The minimum absolute atomic E-state index is 0.955. The molecule has 0 bridgehead atoms. The van der Waals surface area contributed by atoms with E-state index in [1.54, 1.807) is 0 Å². The Bertz CT molecular complexity index is 990. The fourth-order valence-electron chi connectivity index (χ4n) is 2.92. The summed E-state index contributed by atoms with van der Waals surface area (Å²) < 4.78 is 0. The zero-order valence-corrected chi connectivity index (χ0v) is 14.1. The van der Waals surface area contributed by atoms with E-state index in [9.17, 15) is 0 Å². The third kappa shape index (κ3) is 3.33. The Kier molecular flexibility index (Phi) is 4.09. The van der Waals surface area contributed by atoms with Gasteiger partial charge >= 0.3 is 0 Å². The van der Waals surface area contributed by atoms with Gasteiger partial charge in [0.05, 0.1) is 11.4 Å². The van der Waals surface area contributed by atoms with Gasteiger partial charge in [-0.2, -0.15) is 0 Å². The Hall–Kier alpha value is -3.26. The van der Waals surface area contributed by atoms with E-state index in [0.717, 1.165) is 28.1 Å². The molecule has 0 amide bonds. The van der Waals surface area contributed by atoms with Crippen molar-refractivity contribution in [2.75, 3.05) is 0 Å². The highest BCUT2D eigenvalue weighted by molar-refractivity contribution is 5.70. The van der Waals surface area contributed by atoms with Gasteiger partial charge < -0.3 is 0 Å². The number of aryl methyl sites for hydroxylation is 1. The molecule has 0 fully saturated rings. The molecule has 0 saturated carbocycles. The highest BCUT2D eigenvalue weighted by Gasteiger charge is 2.05. The Morgan fingerprint density at radius 3 is 2.12 bits per heavy atom. The Morgan fingerprint density at radius 1 is 0.560 bits per heavy atom. The van der Waals surface area contributed by atoms with Gasteiger partial charge in [-0.25, -0.2) is 0 Å². The van der Waals surface area contributed by atoms with Gasteiger partial charge in [-0.3, -0.25) is 9.97 Å². The third-order valence-electron chi connectivity index (χ3n) is 4.24. The van der Waals surface area contributed by atoms with Crippen molar-refractivity contribution in [3.63, 3.8) is 0 Å². The molecule has 0 saturated heterocycles. The minimum atomic E-state index is 0.955. The summed E-state index contributed by atoms with van der Waals surface area (Å²) in [6.45, 7) is 2.09. The fraction of sp³-hybridized carbons (Fsp3) is 0.0435. The standard InChI is InChI=1S/C23H18N2/c1-17-6-5-9-19(14-17)23-15-20(12-13-24-23)22-11-10-21(16-25-22)18-7-3-2-4-8-18/h2-16H,1H3. The summed E-state index contributed by atoms with van der Waals surface area (Å²) in [7, 11) is 0. The van der Waals surface area contributed by atoms with Crippen molar-refractivity contribution in [1.82, 2.24) is 9.97 Å². The summed E-state index contributed by atoms with van der Waals surface area (Å²) in [5.41, 5.74) is 7.66. The molecule has 4 aromatic rings. The van der Waals surface area contributed by atoms with Crippen molar-refractivity contribution < 1.29 is 0 Å². The molecule has 0 spiro atoms. The molecule has 2 heterocycles. The topological polar surface area (TPSA) is 25.8 Å². The number of nitrogens with zero attached hydrogens (tertiary/aromatic N) is 2. The third-order valence-corrected chi connectivity index (χ3v) is 4.24. The zero-order valence-electron chi connectivity index (χ0n) is 14.1.